The molecule has 1 N–H and O–H groups in total. The molecule has 1 amide bonds. The maximum Gasteiger partial charge on any atom is 0.253 e. The second-order valence-corrected chi connectivity index (χ2v) is 8.01. The molecule has 0 spiro atoms. The number of nitrogens with zero attached hydrogens (tertiary/aromatic N) is 2. The van der Waals surface area contributed by atoms with E-state index in [1.165, 1.54) is 32.4 Å². The summed E-state index contributed by atoms with van der Waals surface area (Å²) in [6, 6.07) is 8.27. The van der Waals surface area contributed by atoms with E-state index in [0.29, 0.717) is 43.6 Å². The van der Waals surface area contributed by atoms with Gasteiger partial charge in [0.25, 0.3) is 5.91 Å². The van der Waals surface area contributed by atoms with Gasteiger partial charge in [0.05, 0.1) is 6.10 Å². The molecule has 0 atom stereocenters. The predicted octanol–water partition coefficient (Wildman–Crippen LogP) is 2.68. The third kappa shape index (κ3) is 4.04. The van der Waals surface area contributed by atoms with Gasteiger partial charge in [0.1, 0.15) is 11.9 Å². The Morgan fingerprint density at radius 2 is 1.62 bits per heavy atom. The molecular weight excluding hydrogens is 328 g/mol. The Bertz CT molecular complexity index is 598. The van der Waals surface area contributed by atoms with Gasteiger partial charge in [-0.05, 0) is 63.0 Å². The molecule has 5 nitrogen and oxygen atoms in total. The molecule has 0 aromatic heterocycles. The number of hydrogen-bond acceptors (Lipinski definition) is 4. The van der Waals surface area contributed by atoms with E-state index < -0.39 is 0 Å². The first-order chi connectivity index (χ1) is 12.7. The average Bonchev–Trinajstić information content (AvgIpc) is 2.65. The molecule has 2 heterocycles. The summed E-state index contributed by atoms with van der Waals surface area (Å²) in [4.78, 5) is 17.0. The minimum atomic E-state index is -0.258. The summed E-state index contributed by atoms with van der Waals surface area (Å²) in [7, 11) is 0. The highest BCUT2D eigenvalue weighted by Gasteiger charge is 2.35. The zero-order valence-corrected chi connectivity index (χ0v) is 15.5. The summed E-state index contributed by atoms with van der Waals surface area (Å²) in [5.41, 5.74) is 0.702. The van der Waals surface area contributed by atoms with Crippen LogP contribution in [0.4, 0.5) is 0 Å². The van der Waals surface area contributed by atoms with Gasteiger partial charge in [-0.2, -0.15) is 0 Å². The number of aliphatic hydroxyl groups is 1. The second kappa shape index (κ2) is 7.97. The van der Waals surface area contributed by atoms with Crippen LogP contribution in [-0.4, -0.2) is 65.2 Å². The molecule has 142 valence electrons. The molecule has 1 aliphatic carbocycles. The maximum absolute atomic E-state index is 12.5. The summed E-state index contributed by atoms with van der Waals surface area (Å²) >= 11 is 0. The standard InChI is InChI=1S/C21H30N2O3/c24-18-8-12-23(13-9-18)21(25)16-4-6-19(7-5-16)26-20-14-17(15-20)22-10-2-1-3-11-22/h4-7,17-18,20,24H,1-3,8-15H2/t17-,20-. The Morgan fingerprint density at radius 1 is 0.962 bits per heavy atom. The van der Waals surface area contributed by atoms with E-state index in [9.17, 15) is 9.90 Å². The third-order valence-corrected chi connectivity index (χ3v) is 6.13. The van der Waals surface area contributed by atoms with Crippen molar-refractivity contribution in [1.82, 2.24) is 9.80 Å². The molecule has 0 radical (unpaired) electrons. The number of hydrogen-bond donors (Lipinski definition) is 1. The molecule has 3 fully saturated rings. The second-order valence-electron chi connectivity index (χ2n) is 8.01. The van der Waals surface area contributed by atoms with E-state index in [4.69, 9.17) is 4.74 Å². The SMILES string of the molecule is O=C(c1ccc(O[C@H]2C[C@H](N3CCCCC3)C2)cc1)N1CCC(O)CC1. The van der Waals surface area contributed by atoms with E-state index in [-0.39, 0.29) is 12.0 Å². The Morgan fingerprint density at radius 3 is 2.27 bits per heavy atom. The number of carbonyl (C=O) groups is 1. The first kappa shape index (κ1) is 17.8. The van der Waals surface area contributed by atoms with E-state index in [0.717, 1.165) is 18.6 Å². The molecule has 1 saturated carbocycles. The fraction of sp³-hybridized carbons (Fsp3) is 0.667. The van der Waals surface area contributed by atoms with E-state index in [2.05, 4.69) is 4.90 Å². The van der Waals surface area contributed by atoms with Crippen LogP contribution in [0.1, 0.15) is 55.3 Å². The van der Waals surface area contributed by atoms with Crippen LogP contribution in [0.25, 0.3) is 0 Å². The van der Waals surface area contributed by atoms with Crippen LogP contribution in [0.15, 0.2) is 24.3 Å². The Kier molecular flexibility index (Phi) is 5.46. The molecule has 0 unspecified atom stereocenters. The van der Waals surface area contributed by atoms with Crippen molar-refractivity contribution in [2.45, 2.75) is 63.2 Å². The van der Waals surface area contributed by atoms with Crippen LogP contribution in [0.2, 0.25) is 0 Å². The van der Waals surface area contributed by atoms with Crippen molar-refractivity contribution in [3.8, 4) is 5.75 Å². The van der Waals surface area contributed by atoms with Gasteiger partial charge >= 0.3 is 0 Å². The van der Waals surface area contributed by atoms with Crippen molar-refractivity contribution in [1.29, 1.82) is 0 Å². The molecule has 4 rings (SSSR count). The van der Waals surface area contributed by atoms with Crippen molar-refractivity contribution in [3.63, 3.8) is 0 Å². The number of likely N-dealkylation sites (tertiary alicyclic amines) is 2. The Balaban J connectivity index is 1.25. The summed E-state index contributed by atoms with van der Waals surface area (Å²) in [6.45, 7) is 3.78. The smallest absolute Gasteiger partial charge is 0.253 e. The van der Waals surface area contributed by atoms with Crippen molar-refractivity contribution in [2.75, 3.05) is 26.2 Å². The fourth-order valence-electron chi connectivity index (χ4n) is 4.34. The van der Waals surface area contributed by atoms with Crippen LogP contribution in [0.5, 0.6) is 5.75 Å². The Labute approximate surface area is 155 Å². The number of amides is 1. The quantitative estimate of drug-likeness (QED) is 0.899. The lowest BCUT2D eigenvalue weighted by Crippen LogP contribution is -2.50. The molecular formula is C21H30N2O3. The first-order valence-electron chi connectivity index (χ1n) is 10.2. The van der Waals surface area contributed by atoms with Crippen molar-refractivity contribution in [2.24, 2.45) is 0 Å². The highest BCUT2D eigenvalue weighted by atomic mass is 16.5. The zero-order valence-electron chi connectivity index (χ0n) is 15.5. The van der Waals surface area contributed by atoms with Gasteiger partial charge in [-0.1, -0.05) is 6.42 Å². The monoisotopic (exact) mass is 358 g/mol. The van der Waals surface area contributed by atoms with Crippen LogP contribution in [0, 0.1) is 0 Å². The Hall–Kier alpha value is -1.59. The lowest BCUT2D eigenvalue weighted by molar-refractivity contribution is 0.00892. The largest absolute Gasteiger partial charge is 0.490 e. The number of carbonyl (C=O) groups excluding carboxylic acids is 1. The summed E-state index contributed by atoms with van der Waals surface area (Å²) < 4.78 is 6.08. The van der Waals surface area contributed by atoms with Crippen LogP contribution < -0.4 is 4.74 Å². The fourth-order valence-corrected chi connectivity index (χ4v) is 4.34. The number of piperidine rings is 2. The van der Waals surface area contributed by atoms with Gasteiger partial charge in [0.2, 0.25) is 0 Å². The van der Waals surface area contributed by atoms with Gasteiger partial charge < -0.3 is 19.6 Å². The minimum absolute atomic E-state index is 0.0530. The van der Waals surface area contributed by atoms with Crippen molar-refractivity contribution in [3.05, 3.63) is 29.8 Å². The first-order valence-corrected chi connectivity index (χ1v) is 10.2. The van der Waals surface area contributed by atoms with Crippen molar-refractivity contribution >= 4 is 5.91 Å². The molecule has 2 aliphatic heterocycles. The summed E-state index contributed by atoms with van der Waals surface area (Å²) in [5, 5.41) is 9.57. The van der Waals surface area contributed by atoms with E-state index in [1.807, 2.05) is 29.2 Å². The van der Waals surface area contributed by atoms with Gasteiger partial charge in [-0.3, -0.25) is 4.79 Å². The lowest BCUT2D eigenvalue weighted by atomic mass is 9.86. The normalized spacial score (nSPS) is 27.8. The molecule has 1 aromatic rings. The molecule has 0 bridgehead atoms. The summed E-state index contributed by atoms with van der Waals surface area (Å²) in [6.07, 6.45) is 7.71. The molecule has 26 heavy (non-hydrogen) atoms. The van der Waals surface area contributed by atoms with E-state index >= 15 is 0 Å². The predicted molar refractivity (Wildman–Crippen MR) is 100 cm³/mol. The van der Waals surface area contributed by atoms with E-state index in [1.54, 1.807) is 0 Å². The van der Waals surface area contributed by atoms with Gasteiger partial charge in [0.15, 0.2) is 0 Å². The molecule has 1 aromatic carbocycles. The highest BCUT2D eigenvalue weighted by Crippen LogP contribution is 2.31. The minimum Gasteiger partial charge on any atom is -0.490 e. The third-order valence-electron chi connectivity index (χ3n) is 6.13. The number of aliphatic hydroxyl groups excluding tert-OH is 1. The van der Waals surface area contributed by atoms with Gasteiger partial charge in [0, 0.05) is 37.5 Å². The van der Waals surface area contributed by atoms with Crippen molar-refractivity contribution < 1.29 is 14.6 Å². The number of ether oxygens (including phenoxy) is 1. The summed E-state index contributed by atoms with van der Waals surface area (Å²) in [5.74, 6) is 0.912. The highest BCUT2D eigenvalue weighted by molar-refractivity contribution is 5.94. The van der Waals surface area contributed by atoms with Crippen LogP contribution in [-0.2, 0) is 0 Å². The van der Waals surface area contributed by atoms with Gasteiger partial charge in [-0.25, -0.2) is 0 Å². The zero-order chi connectivity index (χ0) is 17.9. The molecule has 5 heteroatoms. The average molecular weight is 358 g/mol. The molecule has 3 aliphatic rings. The van der Waals surface area contributed by atoms with Crippen LogP contribution >= 0.6 is 0 Å². The maximum atomic E-state index is 12.5. The lowest BCUT2D eigenvalue weighted by Gasteiger charge is -2.44. The van der Waals surface area contributed by atoms with Crippen LogP contribution in [0.3, 0.4) is 0 Å². The number of benzene rings is 1. The topological polar surface area (TPSA) is 53.0 Å². The number of rotatable bonds is 4. The molecule has 2 saturated heterocycles. The van der Waals surface area contributed by atoms with Gasteiger partial charge in [-0.15, -0.1) is 0 Å².